The third kappa shape index (κ3) is 5.03. The van der Waals surface area contributed by atoms with E-state index in [0.717, 1.165) is 27.7 Å². The number of H-pyrrole nitrogens is 1. The van der Waals surface area contributed by atoms with E-state index in [1.54, 1.807) is 6.07 Å². The van der Waals surface area contributed by atoms with Gasteiger partial charge in [0.25, 0.3) is 11.8 Å². The number of aromatic amines is 1. The molecule has 2 saturated heterocycles. The van der Waals surface area contributed by atoms with Crippen LogP contribution in [0.5, 0.6) is 5.75 Å². The van der Waals surface area contributed by atoms with E-state index in [2.05, 4.69) is 44.2 Å². The first kappa shape index (κ1) is 30.8. The van der Waals surface area contributed by atoms with Gasteiger partial charge < -0.3 is 28.4 Å². The van der Waals surface area contributed by atoms with Crippen LogP contribution < -0.4 is 9.74 Å². The number of rotatable bonds is 8. The lowest BCUT2D eigenvalue weighted by Crippen LogP contribution is -2.43. The lowest BCUT2D eigenvalue weighted by molar-refractivity contribution is -0.215. The lowest BCUT2D eigenvalue weighted by Gasteiger charge is -2.36. The molecule has 2 aromatic carbocycles. The van der Waals surface area contributed by atoms with Gasteiger partial charge in [-0.05, 0) is 60.8 Å². The van der Waals surface area contributed by atoms with E-state index in [0.29, 0.717) is 35.8 Å². The Bertz CT molecular complexity index is 1670. The largest absolute Gasteiger partial charge is 0.543 e. The second-order valence-corrected chi connectivity index (χ2v) is 18.4. The molecule has 4 atom stereocenters. The maximum absolute atomic E-state index is 13.1. The van der Waals surface area contributed by atoms with Crippen LogP contribution in [0.4, 0.5) is 0 Å². The summed E-state index contributed by atoms with van der Waals surface area (Å²) in [5.41, 5.74) is 3.10. The molecule has 0 bridgehead atoms. The first-order valence-corrected chi connectivity index (χ1v) is 18.4. The number of imide groups is 1. The van der Waals surface area contributed by atoms with E-state index in [1.807, 2.05) is 32.0 Å². The number of carbonyl (C=O) groups excluding carboxylic acids is 3. The number of hydrogen-bond donors (Lipinski definition) is 2. The molecule has 2 amide bonds. The summed E-state index contributed by atoms with van der Waals surface area (Å²) >= 11 is 0. The molecule has 236 valence electrons. The van der Waals surface area contributed by atoms with Crippen LogP contribution in [-0.4, -0.2) is 67.9 Å². The molecular formula is C33H42N2O8Si. The predicted molar refractivity (Wildman–Crippen MR) is 167 cm³/mol. The molecule has 1 aromatic heterocycles. The van der Waals surface area contributed by atoms with Crippen molar-refractivity contribution >= 4 is 47.9 Å². The van der Waals surface area contributed by atoms with Crippen LogP contribution in [0.2, 0.25) is 18.1 Å². The van der Waals surface area contributed by atoms with Crippen LogP contribution in [-0.2, 0) is 30.2 Å². The highest BCUT2D eigenvalue weighted by Gasteiger charge is 2.57. The Labute approximate surface area is 258 Å². The number of ether oxygens (including phenoxy) is 4. The van der Waals surface area contributed by atoms with Gasteiger partial charge in [0, 0.05) is 29.6 Å². The highest BCUT2D eigenvalue weighted by Crippen LogP contribution is 2.45. The van der Waals surface area contributed by atoms with Gasteiger partial charge in [0.15, 0.2) is 5.79 Å². The molecule has 3 aromatic rings. The van der Waals surface area contributed by atoms with Crippen molar-refractivity contribution in [2.24, 2.45) is 0 Å². The topological polar surface area (TPSA) is 125 Å². The quantitative estimate of drug-likeness (QED) is 0.185. The molecule has 4 heterocycles. The van der Waals surface area contributed by atoms with Gasteiger partial charge in [0.1, 0.15) is 30.7 Å². The minimum Gasteiger partial charge on any atom is -0.543 e. The molecule has 10 nitrogen and oxygen atoms in total. The minimum absolute atomic E-state index is 0.00845. The third-order valence-electron chi connectivity index (χ3n) is 9.86. The Balaban J connectivity index is 1.43. The SMILES string of the molecule is CCC1(CC)O[C@@H]2[C@H](O1)[C@@H](COC(C)=O)O[C@H]2Cc1cc2c(c3c1[nH]c1ccc(O[Si](C)(C)C(C)(C)C)cc13)C(=O)NC2=O. The standard InChI is InChI=1S/C33H42N2O8Si/c1-9-33(10-2)41-28-23(40-24(29(28)42-33)16-39-17(3)36)14-18-13-21-26(31(38)35-30(21)37)25-20-15-19(11-12-22(20)34-27(18)25)43-44(7,8)32(4,5)6/h11-13,15,23-24,28-29,34H,9-10,14,16H2,1-8H3,(H,35,37,38)/t23-,24+,28-,29+/m0/s1. The summed E-state index contributed by atoms with van der Waals surface area (Å²) in [6, 6.07) is 7.66. The highest BCUT2D eigenvalue weighted by atomic mass is 28.4. The molecule has 2 N–H and O–H groups in total. The van der Waals surface area contributed by atoms with E-state index in [-0.39, 0.29) is 11.6 Å². The molecule has 0 radical (unpaired) electrons. The smallest absolute Gasteiger partial charge is 0.302 e. The van der Waals surface area contributed by atoms with E-state index in [1.165, 1.54) is 6.92 Å². The number of carbonyl (C=O) groups is 3. The zero-order chi connectivity index (χ0) is 31.8. The van der Waals surface area contributed by atoms with Crippen molar-refractivity contribution in [2.45, 2.75) is 109 Å². The van der Waals surface area contributed by atoms with E-state index < -0.39 is 56.3 Å². The number of nitrogens with one attached hydrogen (secondary N) is 2. The molecule has 0 saturated carbocycles. The van der Waals surface area contributed by atoms with Crippen molar-refractivity contribution < 1.29 is 37.8 Å². The molecule has 11 heteroatoms. The average Bonchev–Trinajstić information content (AvgIpc) is 3.67. The molecule has 0 aliphatic carbocycles. The lowest BCUT2D eigenvalue weighted by atomic mass is 9.94. The zero-order valence-corrected chi connectivity index (χ0v) is 27.7. The summed E-state index contributed by atoms with van der Waals surface area (Å²) in [5, 5.41) is 3.98. The fraction of sp³-hybridized carbons (Fsp3) is 0.545. The fourth-order valence-electron chi connectivity index (χ4n) is 6.36. The van der Waals surface area contributed by atoms with E-state index in [9.17, 15) is 14.4 Å². The van der Waals surface area contributed by atoms with E-state index in [4.69, 9.17) is 23.4 Å². The van der Waals surface area contributed by atoms with E-state index >= 15 is 0 Å². The number of hydrogen-bond acceptors (Lipinski definition) is 8. The van der Waals surface area contributed by atoms with Crippen LogP contribution in [0.1, 0.15) is 80.7 Å². The number of aromatic nitrogens is 1. The first-order valence-electron chi connectivity index (χ1n) is 15.5. The summed E-state index contributed by atoms with van der Waals surface area (Å²) in [4.78, 5) is 41.3. The molecule has 3 aliphatic heterocycles. The summed E-state index contributed by atoms with van der Waals surface area (Å²) in [7, 11) is -2.13. The second-order valence-electron chi connectivity index (χ2n) is 13.7. The summed E-state index contributed by atoms with van der Waals surface area (Å²) in [6.07, 6.45) is -0.0372. The Morgan fingerprint density at radius 3 is 2.34 bits per heavy atom. The van der Waals surface area contributed by atoms with Gasteiger partial charge in [-0.3, -0.25) is 19.7 Å². The Morgan fingerprint density at radius 2 is 1.70 bits per heavy atom. The molecule has 0 unspecified atom stereocenters. The number of esters is 1. The summed E-state index contributed by atoms with van der Waals surface area (Å²) in [5.74, 6) is -1.25. The van der Waals surface area contributed by atoms with Gasteiger partial charge in [-0.25, -0.2) is 0 Å². The fourth-order valence-corrected chi connectivity index (χ4v) is 7.38. The Morgan fingerprint density at radius 1 is 1.02 bits per heavy atom. The minimum atomic E-state index is -2.13. The molecule has 3 aliphatic rings. The van der Waals surface area contributed by atoms with Gasteiger partial charge in [0.2, 0.25) is 8.32 Å². The van der Waals surface area contributed by atoms with Crippen molar-refractivity contribution in [3.8, 4) is 5.75 Å². The van der Waals surface area contributed by atoms with Gasteiger partial charge in [-0.2, -0.15) is 0 Å². The van der Waals surface area contributed by atoms with Gasteiger partial charge in [0.05, 0.1) is 22.7 Å². The van der Waals surface area contributed by atoms with Crippen molar-refractivity contribution in [1.82, 2.24) is 10.3 Å². The first-order chi connectivity index (χ1) is 20.7. The Hall–Kier alpha value is -3.25. The van der Waals surface area contributed by atoms with Crippen LogP contribution >= 0.6 is 0 Å². The Kier molecular flexibility index (Phi) is 7.47. The maximum Gasteiger partial charge on any atom is 0.302 e. The van der Waals surface area contributed by atoms with Crippen molar-refractivity contribution in [3.63, 3.8) is 0 Å². The molecule has 6 rings (SSSR count). The van der Waals surface area contributed by atoms with Gasteiger partial charge in [-0.1, -0.05) is 34.6 Å². The number of amides is 2. The average molecular weight is 623 g/mol. The van der Waals surface area contributed by atoms with Crippen molar-refractivity contribution in [3.05, 3.63) is 41.0 Å². The normalized spacial score (nSPS) is 24.5. The molecular weight excluding hydrogens is 580 g/mol. The number of fused-ring (bicyclic) bond motifs is 6. The predicted octanol–water partition coefficient (Wildman–Crippen LogP) is 5.76. The zero-order valence-electron chi connectivity index (χ0n) is 26.7. The number of benzene rings is 2. The van der Waals surface area contributed by atoms with Crippen molar-refractivity contribution in [1.29, 1.82) is 0 Å². The van der Waals surface area contributed by atoms with Crippen LogP contribution in [0.15, 0.2) is 24.3 Å². The van der Waals surface area contributed by atoms with Crippen LogP contribution in [0.3, 0.4) is 0 Å². The summed E-state index contributed by atoms with van der Waals surface area (Å²) < 4.78 is 31.3. The van der Waals surface area contributed by atoms with Crippen LogP contribution in [0.25, 0.3) is 21.8 Å². The maximum atomic E-state index is 13.1. The monoisotopic (exact) mass is 622 g/mol. The third-order valence-corrected chi connectivity index (χ3v) is 14.2. The second kappa shape index (κ2) is 10.7. The molecule has 0 spiro atoms. The van der Waals surface area contributed by atoms with Crippen LogP contribution in [0, 0.1) is 0 Å². The molecule has 2 fully saturated rings. The summed E-state index contributed by atoms with van der Waals surface area (Å²) in [6.45, 7) is 16.4. The highest BCUT2D eigenvalue weighted by molar-refractivity contribution is 6.74. The molecule has 44 heavy (non-hydrogen) atoms. The van der Waals surface area contributed by atoms with Gasteiger partial charge >= 0.3 is 5.97 Å². The van der Waals surface area contributed by atoms with Gasteiger partial charge in [-0.15, -0.1) is 0 Å². The van der Waals surface area contributed by atoms with Crippen molar-refractivity contribution in [2.75, 3.05) is 6.61 Å².